The van der Waals surface area contributed by atoms with Gasteiger partial charge in [-0.05, 0) is 36.2 Å². The summed E-state index contributed by atoms with van der Waals surface area (Å²) in [6.45, 7) is 2.38. The number of hydrogen-bond acceptors (Lipinski definition) is 3. The second-order valence-electron chi connectivity index (χ2n) is 4.39. The average Bonchev–Trinajstić information content (AvgIpc) is 2.36. The van der Waals surface area contributed by atoms with E-state index in [0.717, 1.165) is 6.08 Å². The Kier molecular flexibility index (Phi) is 5.75. The lowest BCUT2D eigenvalue weighted by molar-refractivity contribution is -0.131. The Hall–Kier alpha value is -2.14. The Morgan fingerprint density at radius 3 is 2.84 bits per heavy atom. The van der Waals surface area contributed by atoms with E-state index in [-0.39, 0.29) is 11.8 Å². The third kappa shape index (κ3) is 5.83. The van der Waals surface area contributed by atoms with Gasteiger partial charge >= 0.3 is 5.97 Å². The van der Waals surface area contributed by atoms with Gasteiger partial charge in [-0.25, -0.2) is 4.79 Å². The van der Waals surface area contributed by atoms with Crippen molar-refractivity contribution in [2.24, 2.45) is 11.7 Å². The number of aliphatic carboxylic acids is 1. The highest BCUT2D eigenvalue weighted by Crippen LogP contribution is 2.13. The molecule has 1 aromatic carbocycles. The molecule has 0 fully saturated rings. The van der Waals surface area contributed by atoms with Crippen LogP contribution in [0.4, 0.5) is 5.69 Å². The van der Waals surface area contributed by atoms with Gasteiger partial charge in [-0.2, -0.15) is 0 Å². The van der Waals surface area contributed by atoms with Gasteiger partial charge in [0.25, 0.3) is 0 Å². The van der Waals surface area contributed by atoms with Gasteiger partial charge in [0.15, 0.2) is 0 Å². The van der Waals surface area contributed by atoms with Gasteiger partial charge in [-0.1, -0.05) is 19.1 Å². The summed E-state index contributed by atoms with van der Waals surface area (Å²) in [6.07, 6.45) is 2.89. The fourth-order valence-electron chi connectivity index (χ4n) is 1.50. The first-order valence-corrected chi connectivity index (χ1v) is 6.02. The Balaban J connectivity index is 2.66. The molecule has 0 saturated carbocycles. The number of anilines is 1. The molecule has 0 heterocycles. The maximum absolute atomic E-state index is 11.7. The minimum Gasteiger partial charge on any atom is -0.478 e. The molecule has 0 aliphatic carbocycles. The fourth-order valence-corrected chi connectivity index (χ4v) is 1.50. The minimum atomic E-state index is -1.01. The number of carboxylic acids is 1. The lowest BCUT2D eigenvalue weighted by Crippen LogP contribution is -2.20. The Labute approximate surface area is 112 Å². The number of nitrogens with two attached hydrogens (primary N) is 1. The van der Waals surface area contributed by atoms with Crippen LogP contribution >= 0.6 is 0 Å². The van der Waals surface area contributed by atoms with Crippen LogP contribution in [0.15, 0.2) is 30.3 Å². The van der Waals surface area contributed by atoms with E-state index in [2.05, 4.69) is 5.32 Å². The number of carbonyl (C=O) groups excluding carboxylic acids is 1. The summed E-state index contributed by atoms with van der Waals surface area (Å²) >= 11 is 0. The molecule has 0 saturated heterocycles. The fraction of sp³-hybridized carbons (Fsp3) is 0.286. The second-order valence-corrected chi connectivity index (χ2v) is 4.39. The van der Waals surface area contributed by atoms with Crippen LogP contribution in [0.5, 0.6) is 0 Å². The van der Waals surface area contributed by atoms with Crippen molar-refractivity contribution < 1.29 is 14.7 Å². The lowest BCUT2D eigenvalue weighted by atomic mass is 10.1. The largest absolute Gasteiger partial charge is 0.478 e. The van der Waals surface area contributed by atoms with Gasteiger partial charge in [0, 0.05) is 18.2 Å². The normalized spacial score (nSPS) is 12.3. The van der Waals surface area contributed by atoms with Gasteiger partial charge in [-0.3, -0.25) is 4.79 Å². The Bertz CT molecular complexity index is 483. The maximum Gasteiger partial charge on any atom is 0.328 e. The van der Waals surface area contributed by atoms with E-state index >= 15 is 0 Å². The molecule has 5 heteroatoms. The molecule has 1 amide bonds. The topological polar surface area (TPSA) is 92.4 Å². The predicted octanol–water partition coefficient (Wildman–Crippen LogP) is 1.71. The lowest BCUT2D eigenvalue weighted by Gasteiger charge is -2.09. The molecule has 1 unspecified atom stereocenters. The first-order valence-electron chi connectivity index (χ1n) is 6.02. The van der Waals surface area contributed by atoms with Crippen LogP contribution in [0.2, 0.25) is 0 Å². The number of nitrogens with one attached hydrogen (secondary N) is 1. The van der Waals surface area contributed by atoms with E-state index in [1.165, 1.54) is 6.08 Å². The summed E-state index contributed by atoms with van der Waals surface area (Å²) in [5.74, 6) is -0.974. The molecule has 19 heavy (non-hydrogen) atoms. The molecule has 0 spiro atoms. The summed E-state index contributed by atoms with van der Waals surface area (Å²) in [5.41, 5.74) is 6.82. The van der Waals surface area contributed by atoms with Crippen LogP contribution in [-0.4, -0.2) is 23.5 Å². The van der Waals surface area contributed by atoms with E-state index in [1.54, 1.807) is 24.3 Å². The van der Waals surface area contributed by atoms with E-state index in [9.17, 15) is 9.59 Å². The monoisotopic (exact) mass is 262 g/mol. The van der Waals surface area contributed by atoms with Crippen molar-refractivity contribution in [2.45, 2.75) is 13.3 Å². The summed E-state index contributed by atoms with van der Waals surface area (Å²) in [6, 6.07) is 6.98. The molecule has 1 aromatic rings. The van der Waals surface area contributed by atoms with Crippen molar-refractivity contribution in [3.8, 4) is 0 Å². The minimum absolute atomic E-state index is 0.0997. The molecule has 0 aromatic heterocycles. The molecule has 0 radical (unpaired) electrons. The summed E-state index contributed by atoms with van der Waals surface area (Å²) in [4.78, 5) is 22.1. The predicted molar refractivity (Wildman–Crippen MR) is 74.6 cm³/mol. The zero-order valence-corrected chi connectivity index (χ0v) is 10.8. The zero-order valence-electron chi connectivity index (χ0n) is 10.8. The van der Waals surface area contributed by atoms with Crippen molar-refractivity contribution in [3.05, 3.63) is 35.9 Å². The van der Waals surface area contributed by atoms with Gasteiger partial charge < -0.3 is 16.2 Å². The summed E-state index contributed by atoms with van der Waals surface area (Å²) < 4.78 is 0. The number of carbonyl (C=O) groups is 2. The molecule has 0 aliphatic rings. The van der Waals surface area contributed by atoms with Crippen molar-refractivity contribution in [3.63, 3.8) is 0 Å². The third-order valence-corrected chi connectivity index (χ3v) is 2.52. The summed E-state index contributed by atoms with van der Waals surface area (Å²) in [7, 11) is 0. The Morgan fingerprint density at radius 2 is 2.21 bits per heavy atom. The highest BCUT2D eigenvalue weighted by molar-refractivity contribution is 5.91. The number of rotatable bonds is 6. The molecule has 5 nitrogen and oxygen atoms in total. The molecular formula is C14H18N2O3. The van der Waals surface area contributed by atoms with Crippen LogP contribution in [0.1, 0.15) is 18.9 Å². The number of carboxylic acid groups (broad SMARTS) is 1. The van der Waals surface area contributed by atoms with E-state index in [4.69, 9.17) is 10.8 Å². The molecular weight excluding hydrogens is 244 g/mol. The molecule has 4 N–H and O–H groups in total. The van der Waals surface area contributed by atoms with Crippen LogP contribution in [0.3, 0.4) is 0 Å². The zero-order chi connectivity index (χ0) is 14.3. The SMILES string of the molecule is CC(CN)CC(=O)Nc1cccc(/C=C/C(=O)O)c1. The smallest absolute Gasteiger partial charge is 0.328 e. The molecule has 1 atom stereocenters. The third-order valence-electron chi connectivity index (χ3n) is 2.52. The first-order chi connectivity index (χ1) is 9.01. The van der Waals surface area contributed by atoms with Crippen LogP contribution in [0, 0.1) is 5.92 Å². The number of benzene rings is 1. The van der Waals surface area contributed by atoms with Crippen molar-refractivity contribution >= 4 is 23.6 Å². The molecule has 1 rings (SSSR count). The second kappa shape index (κ2) is 7.33. The molecule has 0 bridgehead atoms. The average molecular weight is 262 g/mol. The van der Waals surface area contributed by atoms with Crippen LogP contribution < -0.4 is 11.1 Å². The van der Waals surface area contributed by atoms with Crippen LogP contribution in [0.25, 0.3) is 6.08 Å². The quantitative estimate of drug-likeness (QED) is 0.680. The van der Waals surface area contributed by atoms with E-state index < -0.39 is 5.97 Å². The van der Waals surface area contributed by atoms with Gasteiger partial charge in [0.2, 0.25) is 5.91 Å². The van der Waals surface area contributed by atoms with E-state index in [1.807, 2.05) is 6.92 Å². The van der Waals surface area contributed by atoms with Crippen molar-refractivity contribution in [2.75, 3.05) is 11.9 Å². The number of hydrogen-bond donors (Lipinski definition) is 3. The standard InChI is InChI=1S/C14H18N2O3/c1-10(9-15)7-13(17)16-12-4-2-3-11(8-12)5-6-14(18)19/h2-6,8,10H,7,9,15H2,1H3,(H,16,17)(H,18,19)/b6-5+. The molecule has 0 aliphatic heterocycles. The summed E-state index contributed by atoms with van der Waals surface area (Å²) in [5, 5.41) is 11.3. The first kappa shape index (κ1) is 14.9. The van der Waals surface area contributed by atoms with Gasteiger partial charge in [-0.15, -0.1) is 0 Å². The highest BCUT2D eigenvalue weighted by Gasteiger charge is 2.07. The van der Waals surface area contributed by atoms with Gasteiger partial charge in [0.1, 0.15) is 0 Å². The Morgan fingerprint density at radius 1 is 1.47 bits per heavy atom. The van der Waals surface area contributed by atoms with Crippen molar-refractivity contribution in [1.29, 1.82) is 0 Å². The van der Waals surface area contributed by atoms with Crippen molar-refractivity contribution in [1.82, 2.24) is 0 Å². The number of amides is 1. The maximum atomic E-state index is 11.7. The highest BCUT2D eigenvalue weighted by atomic mass is 16.4. The van der Waals surface area contributed by atoms with E-state index in [0.29, 0.717) is 24.2 Å². The van der Waals surface area contributed by atoms with Crippen LogP contribution in [-0.2, 0) is 9.59 Å². The van der Waals surface area contributed by atoms with Gasteiger partial charge in [0.05, 0.1) is 0 Å². The molecule has 102 valence electrons.